The Kier molecular flexibility index (Phi) is 4.96. The quantitative estimate of drug-likeness (QED) is 0.690. The van der Waals surface area contributed by atoms with Crippen molar-refractivity contribution in [1.29, 1.82) is 0 Å². The van der Waals surface area contributed by atoms with Crippen molar-refractivity contribution in [2.75, 3.05) is 5.32 Å². The second-order valence-corrected chi connectivity index (χ2v) is 8.16. The topological polar surface area (TPSA) is 51.2 Å². The SMILES string of the molecule is C[C@H](Oc1ccc(C(C)(C)C)cc1)C(=O)Nc1nc2c(F)cccc2s1. The summed E-state index contributed by atoms with van der Waals surface area (Å²) in [7, 11) is 0. The minimum atomic E-state index is -0.702. The van der Waals surface area contributed by atoms with Gasteiger partial charge < -0.3 is 4.74 Å². The molecular weight excluding hydrogens is 351 g/mol. The molecule has 0 saturated carbocycles. The number of halogens is 1. The Morgan fingerprint density at radius 3 is 2.50 bits per heavy atom. The molecule has 3 rings (SSSR count). The molecule has 26 heavy (non-hydrogen) atoms. The van der Waals surface area contributed by atoms with E-state index in [9.17, 15) is 9.18 Å². The van der Waals surface area contributed by atoms with Crippen LogP contribution in [-0.4, -0.2) is 17.0 Å². The van der Waals surface area contributed by atoms with Crippen LogP contribution in [0.2, 0.25) is 0 Å². The standard InChI is InChI=1S/C20H21FN2O2S/c1-12(25-14-10-8-13(9-11-14)20(2,3)4)18(24)23-19-22-17-15(21)6-5-7-16(17)26-19/h5-12H,1-4H3,(H,22,23,24)/t12-/m0/s1. The largest absolute Gasteiger partial charge is 0.481 e. The lowest BCUT2D eigenvalue weighted by molar-refractivity contribution is -0.122. The number of thiazole rings is 1. The summed E-state index contributed by atoms with van der Waals surface area (Å²) >= 11 is 1.23. The highest BCUT2D eigenvalue weighted by atomic mass is 32.1. The number of amides is 1. The van der Waals surface area contributed by atoms with Gasteiger partial charge in [0, 0.05) is 0 Å². The van der Waals surface area contributed by atoms with Crippen LogP contribution in [0.3, 0.4) is 0 Å². The third-order valence-corrected chi connectivity index (χ3v) is 4.94. The summed E-state index contributed by atoms with van der Waals surface area (Å²) in [4.78, 5) is 16.5. The van der Waals surface area contributed by atoms with Crippen molar-refractivity contribution in [1.82, 2.24) is 4.98 Å². The number of ether oxygens (including phenoxy) is 1. The van der Waals surface area contributed by atoms with Crippen LogP contribution in [0.15, 0.2) is 42.5 Å². The van der Waals surface area contributed by atoms with E-state index in [0.29, 0.717) is 15.6 Å². The molecule has 1 aromatic heterocycles. The van der Waals surface area contributed by atoms with Gasteiger partial charge in [-0.25, -0.2) is 9.37 Å². The minimum Gasteiger partial charge on any atom is -0.481 e. The second-order valence-electron chi connectivity index (χ2n) is 7.13. The maximum absolute atomic E-state index is 13.7. The van der Waals surface area contributed by atoms with Gasteiger partial charge in [-0.2, -0.15) is 0 Å². The lowest BCUT2D eigenvalue weighted by Gasteiger charge is -2.20. The van der Waals surface area contributed by atoms with Crippen molar-refractivity contribution in [2.45, 2.75) is 39.2 Å². The molecule has 4 nitrogen and oxygen atoms in total. The zero-order valence-corrected chi connectivity index (χ0v) is 16.0. The molecule has 0 unspecified atom stereocenters. The van der Waals surface area contributed by atoms with E-state index in [4.69, 9.17) is 4.74 Å². The number of nitrogens with zero attached hydrogens (tertiary/aromatic N) is 1. The maximum Gasteiger partial charge on any atom is 0.266 e. The van der Waals surface area contributed by atoms with Crippen molar-refractivity contribution in [3.8, 4) is 5.75 Å². The number of aromatic nitrogens is 1. The molecular formula is C20H21FN2O2S. The van der Waals surface area contributed by atoms with E-state index >= 15 is 0 Å². The van der Waals surface area contributed by atoms with E-state index in [1.807, 2.05) is 24.3 Å². The van der Waals surface area contributed by atoms with Crippen molar-refractivity contribution in [3.63, 3.8) is 0 Å². The van der Waals surface area contributed by atoms with E-state index in [1.165, 1.54) is 23.0 Å². The monoisotopic (exact) mass is 372 g/mol. The summed E-state index contributed by atoms with van der Waals surface area (Å²) in [6, 6.07) is 12.4. The van der Waals surface area contributed by atoms with Crippen LogP contribution in [-0.2, 0) is 10.2 Å². The van der Waals surface area contributed by atoms with Gasteiger partial charge in [0.05, 0.1) is 4.70 Å². The van der Waals surface area contributed by atoms with E-state index in [2.05, 4.69) is 31.1 Å². The van der Waals surface area contributed by atoms with E-state index in [0.717, 1.165) is 0 Å². The van der Waals surface area contributed by atoms with Gasteiger partial charge >= 0.3 is 0 Å². The Balaban J connectivity index is 1.66. The number of hydrogen-bond acceptors (Lipinski definition) is 4. The van der Waals surface area contributed by atoms with Crippen LogP contribution in [0, 0.1) is 5.82 Å². The predicted octanol–water partition coefficient (Wildman–Crippen LogP) is 5.14. The number of rotatable bonds is 4. The summed E-state index contributed by atoms with van der Waals surface area (Å²) in [5, 5.41) is 3.05. The van der Waals surface area contributed by atoms with Crippen molar-refractivity contribution >= 4 is 32.6 Å². The van der Waals surface area contributed by atoms with Gasteiger partial charge in [-0.05, 0) is 42.2 Å². The van der Waals surface area contributed by atoms with Crippen LogP contribution < -0.4 is 10.1 Å². The van der Waals surface area contributed by atoms with Gasteiger partial charge in [-0.3, -0.25) is 10.1 Å². The number of hydrogen-bond donors (Lipinski definition) is 1. The molecule has 3 aromatic rings. The number of carbonyl (C=O) groups is 1. The highest BCUT2D eigenvalue weighted by molar-refractivity contribution is 7.22. The lowest BCUT2D eigenvalue weighted by atomic mass is 9.87. The number of nitrogens with one attached hydrogen (secondary N) is 1. The molecule has 1 heterocycles. The molecule has 6 heteroatoms. The average molecular weight is 372 g/mol. The normalized spacial score (nSPS) is 12.8. The first kappa shape index (κ1) is 18.3. The molecule has 1 N–H and O–H groups in total. The number of carbonyl (C=O) groups excluding carboxylic acids is 1. The first-order valence-electron chi connectivity index (χ1n) is 8.37. The fraction of sp³-hybridized carbons (Fsp3) is 0.300. The Morgan fingerprint density at radius 1 is 1.19 bits per heavy atom. The molecule has 1 atom stereocenters. The Bertz CT molecular complexity index is 929. The number of benzene rings is 2. The molecule has 1 amide bonds. The molecule has 0 spiro atoms. The Labute approximate surface area is 156 Å². The van der Waals surface area contributed by atoms with E-state index in [-0.39, 0.29) is 16.8 Å². The zero-order valence-electron chi connectivity index (χ0n) is 15.2. The van der Waals surface area contributed by atoms with Crippen molar-refractivity contribution in [2.24, 2.45) is 0 Å². The third kappa shape index (κ3) is 4.02. The molecule has 0 fully saturated rings. The third-order valence-electron chi connectivity index (χ3n) is 4.00. The van der Waals surface area contributed by atoms with Gasteiger partial charge in [0.2, 0.25) is 0 Å². The molecule has 0 aliphatic heterocycles. The summed E-state index contributed by atoms with van der Waals surface area (Å²) < 4.78 is 20.1. The highest BCUT2D eigenvalue weighted by Crippen LogP contribution is 2.28. The van der Waals surface area contributed by atoms with Crippen molar-refractivity contribution < 1.29 is 13.9 Å². The minimum absolute atomic E-state index is 0.0592. The van der Waals surface area contributed by atoms with Gasteiger partial charge in [0.15, 0.2) is 11.2 Å². The Morgan fingerprint density at radius 2 is 1.88 bits per heavy atom. The number of fused-ring (bicyclic) bond motifs is 1. The molecule has 0 aliphatic rings. The molecule has 0 saturated heterocycles. The van der Waals surface area contributed by atoms with Crippen LogP contribution in [0.5, 0.6) is 5.75 Å². The predicted molar refractivity (Wildman–Crippen MR) is 103 cm³/mol. The zero-order chi connectivity index (χ0) is 18.9. The van der Waals surface area contributed by atoms with Gasteiger partial charge in [0.1, 0.15) is 17.1 Å². The summed E-state index contributed by atoms with van der Waals surface area (Å²) in [6.07, 6.45) is -0.702. The first-order valence-corrected chi connectivity index (χ1v) is 9.19. The summed E-state index contributed by atoms with van der Waals surface area (Å²) in [5.74, 6) is -0.108. The van der Waals surface area contributed by atoms with E-state index in [1.54, 1.807) is 19.1 Å². The number of anilines is 1. The average Bonchev–Trinajstić information content (AvgIpc) is 2.98. The van der Waals surface area contributed by atoms with Crippen LogP contribution >= 0.6 is 11.3 Å². The van der Waals surface area contributed by atoms with Crippen LogP contribution in [0.1, 0.15) is 33.3 Å². The van der Waals surface area contributed by atoms with Gasteiger partial charge in [-0.1, -0.05) is 50.3 Å². The first-order chi connectivity index (χ1) is 12.2. The van der Waals surface area contributed by atoms with Gasteiger partial charge in [0.25, 0.3) is 5.91 Å². The molecule has 0 bridgehead atoms. The number of para-hydroxylation sites is 1. The van der Waals surface area contributed by atoms with Gasteiger partial charge in [-0.15, -0.1) is 0 Å². The van der Waals surface area contributed by atoms with Crippen molar-refractivity contribution in [3.05, 3.63) is 53.8 Å². The lowest BCUT2D eigenvalue weighted by Crippen LogP contribution is -2.30. The second kappa shape index (κ2) is 7.03. The van der Waals surface area contributed by atoms with E-state index < -0.39 is 11.9 Å². The fourth-order valence-electron chi connectivity index (χ4n) is 2.47. The maximum atomic E-state index is 13.7. The smallest absolute Gasteiger partial charge is 0.266 e. The van der Waals surface area contributed by atoms with Crippen LogP contribution in [0.25, 0.3) is 10.2 Å². The molecule has 0 aliphatic carbocycles. The molecule has 136 valence electrons. The fourth-order valence-corrected chi connectivity index (χ4v) is 3.35. The molecule has 0 radical (unpaired) electrons. The highest BCUT2D eigenvalue weighted by Gasteiger charge is 2.18. The summed E-state index contributed by atoms with van der Waals surface area (Å²) in [5.41, 5.74) is 1.52. The Hall–Kier alpha value is -2.47. The van der Waals surface area contributed by atoms with Crippen LogP contribution in [0.4, 0.5) is 9.52 Å². The summed E-state index contributed by atoms with van der Waals surface area (Å²) in [6.45, 7) is 8.08. The molecule has 2 aromatic carbocycles.